The van der Waals surface area contributed by atoms with Gasteiger partial charge in [-0.25, -0.2) is 0 Å². The summed E-state index contributed by atoms with van der Waals surface area (Å²) in [5.41, 5.74) is 0. The van der Waals surface area contributed by atoms with Gasteiger partial charge in [-0.05, 0) is 39.5 Å². The third-order valence-corrected chi connectivity index (χ3v) is 4.30. The first-order valence-corrected chi connectivity index (χ1v) is 9.66. The topological polar surface area (TPSA) is 85.0 Å². The van der Waals surface area contributed by atoms with Crippen molar-refractivity contribution in [3.63, 3.8) is 0 Å². The quantitative estimate of drug-likeness (QED) is 0.383. The minimum atomic E-state index is 0.353. The Kier molecular flexibility index (Phi) is 9.41. The van der Waals surface area contributed by atoms with Gasteiger partial charge in [0.15, 0.2) is 11.8 Å². The maximum absolute atomic E-state index is 5.93. The summed E-state index contributed by atoms with van der Waals surface area (Å²) in [6.07, 6.45) is 5.06. The van der Waals surface area contributed by atoms with E-state index in [1.807, 2.05) is 6.92 Å². The Bertz CT molecular complexity index is 527. The first-order valence-electron chi connectivity index (χ1n) is 9.66. The van der Waals surface area contributed by atoms with E-state index in [0.717, 1.165) is 77.5 Å². The van der Waals surface area contributed by atoms with Crippen molar-refractivity contribution in [1.82, 2.24) is 20.4 Å². The second-order valence-corrected chi connectivity index (χ2v) is 6.48. The van der Waals surface area contributed by atoms with Crippen LogP contribution in [-0.4, -0.2) is 73.6 Å². The molecule has 0 radical (unpaired) electrons. The van der Waals surface area contributed by atoms with Gasteiger partial charge >= 0.3 is 0 Å². The molecule has 26 heavy (non-hydrogen) atoms. The Morgan fingerprint density at radius 1 is 1.31 bits per heavy atom. The summed E-state index contributed by atoms with van der Waals surface area (Å²) < 4.78 is 16.1. The molecule has 1 fully saturated rings. The van der Waals surface area contributed by atoms with Crippen molar-refractivity contribution < 1.29 is 14.0 Å². The molecule has 8 heteroatoms. The molecular weight excluding hydrogens is 334 g/mol. The average Bonchev–Trinajstić information content (AvgIpc) is 3.07. The summed E-state index contributed by atoms with van der Waals surface area (Å²) >= 11 is 0. The lowest BCUT2D eigenvalue weighted by atomic mass is 10.1. The fourth-order valence-corrected chi connectivity index (χ4v) is 2.97. The van der Waals surface area contributed by atoms with Gasteiger partial charge in [-0.1, -0.05) is 5.16 Å². The SMILES string of the molecule is CCNC(=NCCCc1nc(C)no1)N1CCC(OCCCOC)CC1. The highest BCUT2D eigenvalue weighted by molar-refractivity contribution is 5.80. The molecule has 0 aromatic carbocycles. The van der Waals surface area contributed by atoms with E-state index < -0.39 is 0 Å². The first-order chi connectivity index (χ1) is 12.7. The molecule has 148 valence electrons. The first kappa shape index (κ1) is 20.6. The Hall–Kier alpha value is -1.67. The van der Waals surface area contributed by atoms with E-state index in [1.54, 1.807) is 7.11 Å². The molecule has 1 aliphatic rings. The number of aromatic nitrogens is 2. The lowest BCUT2D eigenvalue weighted by Gasteiger charge is -2.34. The van der Waals surface area contributed by atoms with E-state index in [0.29, 0.717) is 17.8 Å². The predicted octanol–water partition coefficient (Wildman–Crippen LogP) is 1.79. The van der Waals surface area contributed by atoms with Crippen LogP contribution in [0.4, 0.5) is 0 Å². The van der Waals surface area contributed by atoms with E-state index in [4.69, 9.17) is 19.0 Å². The minimum absolute atomic E-state index is 0.353. The molecule has 0 unspecified atom stereocenters. The number of hydrogen-bond acceptors (Lipinski definition) is 6. The summed E-state index contributed by atoms with van der Waals surface area (Å²) in [7, 11) is 1.73. The third kappa shape index (κ3) is 7.29. The standard InChI is InChI=1S/C18H33N5O3/c1-4-19-18(20-10-5-7-17-21-15(2)22-26-17)23-11-8-16(9-12-23)25-14-6-13-24-3/h16H,4-14H2,1-3H3,(H,19,20). The Balaban J connectivity index is 1.71. The lowest BCUT2D eigenvalue weighted by molar-refractivity contribution is 0.00990. The molecule has 1 N–H and O–H groups in total. The normalized spacial score (nSPS) is 16.3. The number of aryl methyl sites for hydroxylation is 2. The van der Waals surface area contributed by atoms with Crippen LogP contribution in [0.3, 0.4) is 0 Å². The molecule has 8 nitrogen and oxygen atoms in total. The second-order valence-electron chi connectivity index (χ2n) is 6.48. The van der Waals surface area contributed by atoms with E-state index in [2.05, 4.69) is 27.3 Å². The fourth-order valence-electron chi connectivity index (χ4n) is 2.97. The number of piperidine rings is 1. The molecule has 1 aromatic rings. The van der Waals surface area contributed by atoms with Crippen LogP contribution >= 0.6 is 0 Å². The molecule has 0 atom stereocenters. The zero-order valence-corrected chi connectivity index (χ0v) is 16.4. The van der Waals surface area contributed by atoms with Gasteiger partial charge in [-0.2, -0.15) is 4.98 Å². The minimum Gasteiger partial charge on any atom is -0.385 e. The van der Waals surface area contributed by atoms with Gasteiger partial charge in [0.25, 0.3) is 0 Å². The number of rotatable bonds is 10. The number of methoxy groups -OCH3 is 1. The van der Waals surface area contributed by atoms with E-state index in [1.165, 1.54) is 0 Å². The van der Waals surface area contributed by atoms with Gasteiger partial charge in [-0.3, -0.25) is 4.99 Å². The highest BCUT2D eigenvalue weighted by Crippen LogP contribution is 2.14. The summed E-state index contributed by atoms with van der Waals surface area (Å²) in [5, 5.41) is 7.21. The largest absolute Gasteiger partial charge is 0.385 e. The van der Waals surface area contributed by atoms with Crippen molar-refractivity contribution in [1.29, 1.82) is 0 Å². The van der Waals surface area contributed by atoms with Gasteiger partial charge in [-0.15, -0.1) is 0 Å². The summed E-state index contributed by atoms with van der Waals surface area (Å²) in [6.45, 7) is 9.04. The van der Waals surface area contributed by atoms with Crippen molar-refractivity contribution in [2.24, 2.45) is 4.99 Å². The highest BCUT2D eigenvalue weighted by atomic mass is 16.5. The van der Waals surface area contributed by atoms with Crippen molar-refractivity contribution in [3.8, 4) is 0 Å². The predicted molar refractivity (Wildman–Crippen MR) is 100 cm³/mol. The maximum Gasteiger partial charge on any atom is 0.226 e. The van der Waals surface area contributed by atoms with Crippen LogP contribution in [0.2, 0.25) is 0 Å². The monoisotopic (exact) mass is 367 g/mol. The molecule has 2 heterocycles. The van der Waals surface area contributed by atoms with E-state index >= 15 is 0 Å². The number of guanidine groups is 1. The van der Waals surface area contributed by atoms with Gasteiger partial charge in [0.1, 0.15) is 0 Å². The van der Waals surface area contributed by atoms with Crippen LogP contribution in [0, 0.1) is 6.92 Å². The molecule has 0 saturated carbocycles. The number of hydrogen-bond donors (Lipinski definition) is 1. The third-order valence-electron chi connectivity index (χ3n) is 4.30. The van der Waals surface area contributed by atoms with E-state index in [9.17, 15) is 0 Å². The van der Waals surface area contributed by atoms with Gasteiger partial charge in [0.05, 0.1) is 6.10 Å². The summed E-state index contributed by atoms with van der Waals surface area (Å²) in [6, 6.07) is 0. The average molecular weight is 367 g/mol. The van der Waals surface area contributed by atoms with Crippen LogP contribution in [-0.2, 0) is 15.9 Å². The molecule has 1 saturated heterocycles. The number of aliphatic imine (C=N–C) groups is 1. The van der Waals surface area contributed by atoms with Gasteiger partial charge < -0.3 is 24.2 Å². The molecule has 0 bridgehead atoms. The number of nitrogens with one attached hydrogen (secondary N) is 1. The summed E-state index contributed by atoms with van der Waals surface area (Å²) in [4.78, 5) is 11.3. The van der Waals surface area contributed by atoms with Gasteiger partial charge in [0, 0.05) is 52.9 Å². The number of ether oxygens (including phenoxy) is 2. The van der Waals surface area contributed by atoms with Crippen LogP contribution in [0.15, 0.2) is 9.52 Å². The number of likely N-dealkylation sites (tertiary alicyclic amines) is 1. The lowest BCUT2D eigenvalue weighted by Crippen LogP contribution is -2.47. The van der Waals surface area contributed by atoms with Crippen LogP contribution < -0.4 is 5.32 Å². The van der Waals surface area contributed by atoms with Crippen molar-refractivity contribution >= 4 is 5.96 Å². The van der Waals surface area contributed by atoms with Crippen molar-refractivity contribution in [2.45, 2.75) is 52.1 Å². The Morgan fingerprint density at radius 3 is 2.77 bits per heavy atom. The molecule has 0 spiro atoms. The van der Waals surface area contributed by atoms with Crippen molar-refractivity contribution in [2.75, 3.05) is 46.5 Å². The molecular formula is C18H33N5O3. The van der Waals surface area contributed by atoms with Crippen molar-refractivity contribution in [3.05, 3.63) is 11.7 Å². The second kappa shape index (κ2) is 11.9. The zero-order valence-electron chi connectivity index (χ0n) is 16.4. The Labute approximate surface area is 156 Å². The van der Waals surface area contributed by atoms with E-state index in [-0.39, 0.29) is 0 Å². The van der Waals surface area contributed by atoms with Crippen LogP contribution in [0.5, 0.6) is 0 Å². The van der Waals surface area contributed by atoms with Gasteiger partial charge in [0.2, 0.25) is 5.89 Å². The molecule has 0 amide bonds. The molecule has 0 aliphatic carbocycles. The zero-order chi connectivity index (χ0) is 18.6. The molecule has 1 aromatic heterocycles. The smallest absolute Gasteiger partial charge is 0.226 e. The maximum atomic E-state index is 5.93. The van der Waals surface area contributed by atoms with Crippen LogP contribution in [0.1, 0.15) is 44.3 Å². The Morgan fingerprint density at radius 2 is 2.12 bits per heavy atom. The summed E-state index contributed by atoms with van der Waals surface area (Å²) in [5.74, 6) is 2.37. The van der Waals surface area contributed by atoms with Crippen LogP contribution in [0.25, 0.3) is 0 Å². The number of nitrogens with zero attached hydrogens (tertiary/aromatic N) is 4. The highest BCUT2D eigenvalue weighted by Gasteiger charge is 2.21. The molecule has 1 aliphatic heterocycles. The fraction of sp³-hybridized carbons (Fsp3) is 0.833. The molecule has 2 rings (SSSR count).